The van der Waals surface area contributed by atoms with Gasteiger partial charge in [-0.15, -0.1) is 0 Å². The van der Waals surface area contributed by atoms with Crippen LogP contribution in [0.15, 0.2) is 16.3 Å². The Labute approximate surface area is 118 Å². The Morgan fingerprint density at radius 1 is 1.40 bits per heavy atom. The zero-order valence-electron chi connectivity index (χ0n) is 10.3. The number of carboxylic acids is 1. The number of aliphatic carboxylic acids is 1. The number of thiophene rings is 1. The van der Waals surface area contributed by atoms with Gasteiger partial charge in [0.15, 0.2) is 0 Å². The fourth-order valence-electron chi connectivity index (χ4n) is 2.02. The van der Waals surface area contributed by atoms with Gasteiger partial charge in [-0.2, -0.15) is 4.31 Å². The summed E-state index contributed by atoms with van der Waals surface area (Å²) < 4.78 is 25.6. The van der Waals surface area contributed by atoms with E-state index in [0.29, 0.717) is 11.3 Å². The lowest BCUT2D eigenvalue weighted by Gasteiger charge is -2.28. The van der Waals surface area contributed by atoms with Crippen molar-refractivity contribution in [3.8, 4) is 0 Å². The monoisotopic (exact) mass is 320 g/mol. The maximum atomic E-state index is 12.3. The number of hydrogen-bond donors (Lipinski definition) is 1. The van der Waals surface area contributed by atoms with Crippen molar-refractivity contribution in [2.45, 2.75) is 17.1 Å². The van der Waals surface area contributed by atoms with Gasteiger partial charge in [-0.3, -0.25) is 14.9 Å². The minimum atomic E-state index is -3.77. The number of rotatable bonds is 4. The first-order valence-corrected chi connectivity index (χ1v) is 8.05. The third kappa shape index (κ3) is 2.81. The second kappa shape index (κ2) is 5.46. The molecule has 1 N–H and O–H groups in total. The highest BCUT2D eigenvalue weighted by Crippen LogP contribution is 2.31. The minimum absolute atomic E-state index is 0.0852. The molecule has 0 atom stereocenters. The van der Waals surface area contributed by atoms with Crippen molar-refractivity contribution >= 4 is 32.3 Å². The first-order valence-electron chi connectivity index (χ1n) is 5.79. The van der Waals surface area contributed by atoms with Crippen LogP contribution < -0.4 is 0 Å². The molecule has 110 valence electrons. The summed E-state index contributed by atoms with van der Waals surface area (Å²) in [6.45, 7) is 0.232. The van der Waals surface area contributed by atoms with Crippen LogP contribution in [0.4, 0.5) is 5.00 Å². The Morgan fingerprint density at radius 2 is 2.00 bits per heavy atom. The van der Waals surface area contributed by atoms with Crippen LogP contribution in [0.2, 0.25) is 0 Å². The van der Waals surface area contributed by atoms with E-state index in [2.05, 4.69) is 0 Å². The van der Waals surface area contributed by atoms with Gasteiger partial charge < -0.3 is 5.11 Å². The summed E-state index contributed by atoms with van der Waals surface area (Å²) >= 11 is 0.604. The normalized spacial score (nSPS) is 18.0. The molecule has 1 saturated heterocycles. The van der Waals surface area contributed by atoms with Crippen LogP contribution in [0.3, 0.4) is 0 Å². The smallest absolute Gasteiger partial charge is 0.325 e. The lowest BCUT2D eigenvalue weighted by molar-refractivity contribution is -0.380. The molecule has 0 radical (unpaired) electrons. The lowest BCUT2D eigenvalue weighted by atomic mass is 9.99. The van der Waals surface area contributed by atoms with Crippen molar-refractivity contribution in [3.05, 3.63) is 22.2 Å². The Hall–Kier alpha value is -1.52. The zero-order chi connectivity index (χ0) is 14.9. The molecule has 2 rings (SSSR count). The summed E-state index contributed by atoms with van der Waals surface area (Å²) in [7, 11) is -3.77. The Kier molecular flexibility index (Phi) is 4.06. The molecule has 0 unspecified atom stereocenters. The molecule has 0 saturated carbocycles. The summed E-state index contributed by atoms with van der Waals surface area (Å²) in [5.41, 5.74) is 0. The molecule has 8 nitrogen and oxygen atoms in total. The second-order valence-electron chi connectivity index (χ2n) is 4.37. The van der Waals surface area contributed by atoms with Crippen molar-refractivity contribution in [2.75, 3.05) is 13.1 Å². The topological polar surface area (TPSA) is 118 Å². The largest absolute Gasteiger partial charge is 0.481 e. The molecule has 0 aromatic carbocycles. The van der Waals surface area contributed by atoms with E-state index in [1.165, 1.54) is 10.4 Å². The third-order valence-electron chi connectivity index (χ3n) is 3.14. The lowest BCUT2D eigenvalue weighted by Crippen LogP contribution is -2.39. The fraction of sp³-hybridized carbons (Fsp3) is 0.500. The summed E-state index contributed by atoms with van der Waals surface area (Å²) in [5.74, 6) is -1.45. The van der Waals surface area contributed by atoms with Gasteiger partial charge in [-0.25, -0.2) is 8.42 Å². The van der Waals surface area contributed by atoms with E-state index in [9.17, 15) is 23.3 Å². The Morgan fingerprint density at radius 3 is 2.45 bits per heavy atom. The van der Waals surface area contributed by atoms with E-state index < -0.39 is 26.8 Å². The number of nitrogens with zero attached hydrogens (tertiary/aromatic N) is 2. The Balaban J connectivity index is 2.15. The van der Waals surface area contributed by atoms with Crippen LogP contribution in [-0.2, 0) is 14.8 Å². The van der Waals surface area contributed by atoms with Crippen molar-refractivity contribution in [2.24, 2.45) is 5.92 Å². The van der Waals surface area contributed by atoms with Crippen LogP contribution in [0.25, 0.3) is 0 Å². The summed E-state index contributed by atoms with van der Waals surface area (Å²) in [5, 5.41) is 19.2. The number of carbonyl (C=O) groups is 1. The molecule has 20 heavy (non-hydrogen) atoms. The average Bonchev–Trinajstić information content (AvgIpc) is 2.89. The molecule has 0 bridgehead atoms. The fourth-order valence-corrected chi connectivity index (χ4v) is 4.75. The van der Waals surface area contributed by atoms with Gasteiger partial charge in [0.25, 0.3) is 10.0 Å². The maximum Gasteiger partial charge on any atom is 0.325 e. The average molecular weight is 320 g/mol. The van der Waals surface area contributed by atoms with E-state index in [0.717, 1.165) is 6.07 Å². The van der Waals surface area contributed by atoms with Crippen LogP contribution >= 0.6 is 11.3 Å². The van der Waals surface area contributed by atoms with Gasteiger partial charge in [-0.05, 0) is 30.2 Å². The van der Waals surface area contributed by atoms with Crippen molar-refractivity contribution in [3.63, 3.8) is 0 Å². The highest BCUT2D eigenvalue weighted by atomic mass is 32.2. The predicted octanol–water partition coefficient (Wildman–Crippen LogP) is 1.14. The molecule has 1 aliphatic rings. The van der Waals surface area contributed by atoms with E-state index in [1.54, 1.807) is 0 Å². The van der Waals surface area contributed by atoms with Crippen molar-refractivity contribution in [1.82, 2.24) is 4.31 Å². The predicted molar refractivity (Wildman–Crippen MR) is 70.1 cm³/mol. The SMILES string of the molecule is O=C(O)C1CCN(S(=O)(=O)c2ccc([N+](=O)[O-])s2)CC1. The number of piperidine rings is 1. The molecule has 1 aromatic rings. The van der Waals surface area contributed by atoms with Crippen LogP contribution in [-0.4, -0.2) is 41.8 Å². The third-order valence-corrected chi connectivity index (χ3v) is 6.55. The quantitative estimate of drug-likeness (QED) is 0.656. The molecule has 0 aliphatic carbocycles. The zero-order valence-corrected chi connectivity index (χ0v) is 11.9. The van der Waals surface area contributed by atoms with Crippen LogP contribution in [0.1, 0.15) is 12.8 Å². The summed E-state index contributed by atoms with van der Waals surface area (Å²) in [4.78, 5) is 20.8. The molecule has 1 aliphatic heterocycles. The highest BCUT2D eigenvalue weighted by Gasteiger charge is 2.33. The van der Waals surface area contributed by atoms with E-state index >= 15 is 0 Å². The number of hydrogen-bond acceptors (Lipinski definition) is 6. The van der Waals surface area contributed by atoms with Gasteiger partial charge >= 0.3 is 11.0 Å². The van der Waals surface area contributed by atoms with Crippen molar-refractivity contribution < 1.29 is 23.2 Å². The molecular formula is C10H12N2O6S2. The molecule has 2 heterocycles. The van der Waals surface area contributed by atoms with E-state index in [1.807, 2.05) is 0 Å². The number of sulfonamides is 1. The standard InChI is InChI=1S/C10H12N2O6S2/c13-10(14)7-3-5-11(6-4-7)20(17,18)9-2-1-8(19-9)12(15)16/h1-2,7H,3-6H2,(H,13,14). The first-order chi connectivity index (χ1) is 9.32. The van der Waals surface area contributed by atoms with Crippen LogP contribution in [0.5, 0.6) is 0 Å². The van der Waals surface area contributed by atoms with Crippen LogP contribution in [0, 0.1) is 16.0 Å². The summed E-state index contributed by atoms with van der Waals surface area (Å²) in [6.07, 6.45) is 0.504. The van der Waals surface area contributed by atoms with Gasteiger partial charge in [-0.1, -0.05) is 0 Å². The molecule has 1 aromatic heterocycles. The molecular weight excluding hydrogens is 308 g/mol. The van der Waals surface area contributed by atoms with Gasteiger partial charge in [0.1, 0.15) is 4.21 Å². The number of nitro groups is 1. The number of carboxylic acid groups (broad SMARTS) is 1. The van der Waals surface area contributed by atoms with E-state index in [-0.39, 0.29) is 35.1 Å². The molecule has 0 amide bonds. The Bertz CT molecular complexity index is 630. The molecule has 10 heteroatoms. The first kappa shape index (κ1) is 14.9. The summed E-state index contributed by atoms with van der Waals surface area (Å²) in [6, 6.07) is 2.36. The highest BCUT2D eigenvalue weighted by molar-refractivity contribution is 7.91. The maximum absolute atomic E-state index is 12.3. The molecule has 1 fully saturated rings. The second-order valence-corrected chi connectivity index (χ2v) is 7.59. The minimum Gasteiger partial charge on any atom is -0.481 e. The molecule has 0 spiro atoms. The van der Waals surface area contributed by atoms with Gasteiger partial charge in [0.05, 0.1) is 10.8 Å². The van der Waals surface area contributed by atoms with Crippen molar-refractivity contribution in [1.29, 1.82) is 0 Å². The van der Waals surface area contributed by atoms with E-state index in [4.69, 9.17) is 5.11 Å². The van der Waals surface area contributed by atoms with Gasteiger partial charge in [0, 0.05) is 19.2 Å². The van der Waals surface area contributed by atoms with Gasteiger partial charge in [0.2, 0.25) is 0 Å².